The molecule has 0 fully saturated rings. The molecule has 108 valence electrons. The van der Waals surface area contributed by atoms with Crippen molar-refractivity contribution in [3.63, 3.8) is 0 Å². The number of carboxylic acids is 1. The van der Waals surface area contributed by atoms with Crippen molar-refractivity contribution in [1.29, 1.82) is 0 Å². The van der Waals surface area contributed by atoms with Crippen LogP contribution < -0.4 is 0 Å². The van der Waals surface area contributed by atoms with Crippen molar-refractivity contribution in [3.8, 4) is 0 Å². The number of hydrogen-bond donors (Lipinski definition) is 1. The first-order valence-corrected chi connectivity index (χ1v) is 7.79. The van der Waals surface area contributed by atoms with E-state index in [1.165, 1.54) is 11.8 Å². The van der Waals surface area contributed by atoms with Gasteiger partial charge < -0.3 is 5.11 Å². The molecule has 0 aliphatic heterocycles. The Morgan fingerprint density at radius 3 is 2.38 bits per heavy atom. The molecule has 0 amide bonds. The summed E-state index contributed by atoms with van der Waals surface area (Å²) in [5.74, 6) is -0.156. The van der Waals surface area contributed by atoms with E-state index in [0.29, 0.717) is 22.1 Å². The zero-order chi connectivity index (χ0) is 15.2. The van der Waals surface area contributed by atoms with E-state index in [9.17, 15) is 9.59 Å². The molecule has 2 aromatic carbocycles. The third-order valence-corrected chi connectivity index (χ3v) is 4.14. The van der Waals surface area contributed by atoms with Gasteiger partial charge in [-0.2, -0.15) is 0 Å². The number of thioether (sulfide) groups is 1. The molecule has 0 saturated heterocycles. The molecular formula is C16H13ClO3S. The molecule has 3 nitrogen and oxygen atoms in total. The lowest BCUT2D eigenvalue weighted by Crippen LogP contribution is -2.04. The molecule has 0 saturated carbocycles. The van der Waals surface area contributed by atoms with Gasteiger partial charge in [-0.1, -0.05) is 29.8 Å². The van der Waals surface area contributed by atoms with Gasteiger partial charge in [0.15, 0.2) is 5.78 Å². The van der Waals surface area contributed by atoms with E-state index in [2.05, 4.69) is 0 Å². The zero-order valence-electron chi connectivity index (χ0n) is 11.1. The van der Waals surface area contributed by atoms with E-state index in [1.54, 1.807) is 48.5 Å². The lowest BCUT2D eigenvalue weighted by Gasteiger charge is -2.05. The minimum absolute atomic E-state index is 0.00414. The Morgan fingerprint density at radius 2 is 1.71 bits per heavy atom. The van der Waals surface area contributed by atoms with Crippen LogP contribution in [0.1, 0.15) is 26.3 Å². The number of rotatable bonds is 6. The molecule has 0 bridgehead atoms. The fourth-order valence-corrected chi connectivity index (χ4v) is 2.88. The number of carboxylic acid groups (broad SMARTS) is 1. The normalized spacial score (nSPS) is 10.3. The van der Waals surface area contributed by atoms with Crippen molar-refractivity contribution in [1.82, 2.24) is 0 Å². The first kappa shape index (κ1) is 15.6. The highest BCUT2D eigenvalue weighted by Crippen LogP contribution is 2.18. The predicted octanol–water partition coefficient (Wildman–Crippen LogP) is 4.15. The van der Waals surface area contributed by atoms with E-state index in [0.717, 1.165) is 5.56 Å². The van der Waals surface area contributed by atoms with Crippen LogP contribution in [0.15, 0.2) is 48.5 Å². The SMILES string of the molecule is O=C(CSCc1ccccc1C(=O)O)c1ccc(Cl)cc1. The summed E-state index contributed by atoms with van der Waals surface area (Å²) in [5, 5.41) is 9.68. The number of benzene rings is 2. The fourth-order valence-electron chi connectivity index (χ4n) is 1.83. The number of ketones is 1. The highest BCUT2D eigenvalue weighted by atomic mass is 35.5. The highest BCUT2D eigenvalue weighted by Gasteiger charge is 2.10. The molecule has 21 heavy (non-hydrogen) atoms. The molecule has 0 unspecified atom stereocenters. The van der Waals surface area contributed by atoms with Gasteiger partial charge in [0.25, 0.3) is 0 Å². The van der Waals surface area contributed by atoms with Gasteiger partial charge in [-0.05, 0) is 35.9 Å². The first-order chi connectivity index (χ1) is 10.1. The topological polar surface area (TPSA) is 54.4 Å². The Labute approximate surface area is 131 Å². The maximum Gasteiger partial charge on any atom is 0.335 e. The van der Waals surface area contributed by atoms with Crippen molar-refractivity contribution < 1.29 is 14.7 Å². The lowest BCUT2D eigenvalue weighted by molar-refractivity contribution is 0.0696. The first-order valence-electron chi connectivity index (χ1n) is 6.25. The number of Topliss-reactive ketones (excluding diaryl/α,β-unsaturated/α-hetero) is 1. The van der Waals surface area contributed by atoms with Crippen LogP contribution in [0, 0.1) is 0 Å². The van der Waals surface area contributed by atoms with E-state index in [1.807, 2.05) is 0 Å². The van der Waals surface area contributed by atoms with Crippen molar-refractivity contribution in [2.75, 3.05) is 5.75 Å². The van der Waals surface area contributed by atoms with Crippen LogP contribution in [0.4, 0.5) is 0 Å². The van der Waals surface area contributed by atoms with Crippen molar-refractivity contribution in [2.24, 2.45) is 0 Å². The molecule has 0 radical (unpaired) electrons. The fraction of sp³-hybridized carbons (Fsp3) is 0.125. The summed E-state index contributed by atoms with van der Waals surface area (Å²) in [6.45, 7) is 0. The average Bonchev–Trinajstić information content (AvgIpc) is 2.48. The van der Waals surface area contributed by atoms with Gasteiger partial charge in [-0.25, -0.2) is 4.79 Å². The smallest absolute Gasteiger partial charge is 0.335 e. The summed E-state index contributed by atoms with van der Waals surface area (Å²) in [6.07, 6.45) is 0. The summed E-state index contributed by atoms with van der Waals surface area (Å²) < 4.78 is 0. The Kier molecular flexibility index (Phi) is 5.42. The van der Waals surface area contributed by atoms with Crippen molar-refractivity contribution in [2.45, 2.75) is 5.75 Å². The van der Waals surface area contributed by atoms with Gasteiger partial charge in [0.2, 0.25) is 0 Å². The average molecular weight is 321 g/mol. The van der Waals surface area contributed by atoms with Gasteiger partial charge in [-0.3, -0.25) is 4.79 Å². The summed E-state index contributed by atoms with van der Waals surface area (Å²) in [4.78, 5) is 23.1. The Morgan fingerprint density at radius 1 is 1.05 bits per heavy atom. The lowest BCUT2D eigenvalue weighted by atomic mass is 10.1. The second kappa shape index (κ2) is 7.29. The van der Waals surface area contributed by atoms with Crippen LogP contribution in [0.3, 0.4) is 0 Å². The van der Waals surface area contributed by atoms with Crippen LogP contribution >= 0.6 is 23.4 Å². The Balaban J connectivity index is 1.94. The maximum absolute atomic E-state index is 12.0. The monoisotopic (exact) mass is 320 g/mol. The van der Waals surface area contributed by atoms with Crippen LogP contribution in [0.25, 0.3) is 0 Å². The molecule has 0 aliphatic rings. The second-order valence-corrected chi connectivity index (χ2v) is 5.81. The second-order valence-electron chi connectivity index (χ2n) is 4.39. The van der Waals surface area contributed by atoms with Crippen LogP contribution in [0.2, 0.25) is 5.02 Å². The molecule has 5 heteroatoms. The van der Waals surface area contributed by atoms with E-state index >= 15 is 0 Å². The third-order valence-electron chi connectivity index (χ3n) is 2.90. The molecule has 1 N–H and O–H groups in total. The summed E-state index contributed by atoms with van der Waals surface area (Å²) in [6, 6.07) is 13.6. The van der Waals surface area contributed by atoms with E-state index in [-0.39, 0.29) is 11.3 Å². The molecule has 2 rings (SSSR count). The standard InChI is InChI=1S/C16H13ClO3S/c17-13-7-5-11(6-8-13)15(18)10-21-9-12-3-1-2-4-14(12)16(19)20/h1-8H,9-10H2,(H,19,20). The number of aromatic carboxylic acids is 1. The molecule has 2 aromatic rings. The third kappa shape index (κ3) is 4.34. The minimum atomic E-state index is -0.949. The Hall–Kier alpha value is -1.78. The molecule has 0 heterocycles. The van der Waals surface area contributed by atoms with Gasteiger partial charge in [0, 0.05) is 16.3 Å². The Bertz CT molecular complexity index is 653. The van der Waals surface area contributed by atoms with Crippen LogP contribution in [-0.2, 0) is 5.75 Å². The zero-order valence-corrected chi connectivity index (χ0v) is 12.7. The largest absolute Gasteiger partial charge is 0.478 e. The van der Waals surface area contributed by atoms with Gasteiger partial charge in [0.1, 0.15) is 0 Å². The number of carbonyl (C=O) groups is 2. The van der Waals surface area contributed by atoms with E-state index in [4.69, 9.17) is 16.7 Å². The number of hydrogen-bond acceptors (Lipinski definition) is 3. The van der Waals surface area contributed by atoms with Gasteiger partial charge in [0.05, 0.1) is 11.3 Å². The van der Waals surface area contributed by atoms with Gasteiger partial charge in [-0.15, -0.1) is 11.8 Å². The number of carbonyl (C=O) groups excluding carboxylic acids is 1. The van der Waals surface area contributed by atoms with Crippen LogP contribution in [0.5, 0.6) is 0 Å². The molecule has 0 aromatic heterocycles. The van der Waals surface area contributed by atoms with Crippen molar-refractivity contribution >= 4 is 35.1 Å². The van der Waals surface area contributed by atoms with Crippen LogP contribution in [-0.4, -0.2) is 22.6 Å². The molecule has 0 spiro atoms. The summed E-state index contributed by atoms with van der Waals surface area (Å²) in [7, 11) is 0. The quantitative estimate of drug-likeness (QED) is 0.812. The maximum atomic E-state index is 12.0. The summed E-state index contributed by atoms with van der Waals surface area (Å²) in [5.41, 5.74) is 1.61. The highest BCUT2D eigenvalue weighted by molar-refractivity contribution is 7.99. The predicted molar refractivity (Wildman–Crippen MR) is 85.3 cm³/mol. The molecule has 0 aliphatic carbocycles. The van der Waals surface area contributed by atoms with Crippen molar-refractivity contribution in [3.05, 3.63) is 70.2 Å². The number of halogens is 1. The minimum Gasteiger partial charge on any atom is -0.478 e. The van der Waals surface area contributed by atoms with Gasteiger partial charge >= 0.3 is 5.97 Å². The molecular weight excluding hydrogens is 308 g/mol. The van der Waals surface area contributed by atoms with E-state index < -0.39 is 5.97 Å². The molecule has 0 atom stereocenters. The summed E-state index contributed by atoms with van der Waals surface area (Å²) >= 11 is 7.17.